The van der Waals surface area contributed by atoms with Crippen LogP contribution in [-0.4, -0.2) is 12.5 Å². The molecule has 0 aromatic carbocycles. The number of carbonyl (C=O) groups excluding carboxylic acids is 1. The topological polar surface area (TPSA) is 17.1 Å². The van der Waals surface area contributed by atoms with E-state index in [1.165, 1.54) is 12.2 Å². The zero-order valence-corrected chi connectivity index (χ0v) is 6.14. The Hall–Kier alpha value is -1.06. The van der Waals surface area contributed by atoms with E-state index in [1.54, 1.807) is 0 Å². The Morgan fingerprint density at radius 3 is 2.67 bits per heavy atom. The third-order valence-electron chi connectivity index (χ3n) is 1.68. The van der Waals surface area contributed by atoms with Crippen LogP contribution in [0, 0.1) is 5.92 Å². The summed E-state index contributed by atoms with van der Waals surface area (Å²) in [4.78, 5) is 10.2. The van der Waals surface area contributed by atoms with E-state index in [2.05, 4.69) is 0 Å². The van der Waals surface area contributed by atoms with Crippen molar-refractivity contribution in [3.05, 3.63) is 23.8 Å². The van der Waals surface area contributed by atoms with E-state index >= 15 is 0 Å². The molecular formula is C8H7F3O. The Labute approximate surface area is 67.6 Å². The fourth-order valence-electron chi connectivity index (χ4n) is 1.02. The summed E-state index contributed by atoms with van der Waals surface area (Å²) in [6.07, 6.45) is -0.279. The van der Waals surface area contributed by atoms with Crippen molar-refractivity contribution < 1.29 is 18.0 Å². The van der Waals surface area contributed by atoms with Crippen molar-refractivity contribution in [1.29, 1.82) is 0 Å². The molecule has 0 saturated heterocycles. The van der Waals surface area contributed by atoms with Crippen LogP contribution in [0.2, 0.25) is 0 Å². The summed E-state index contributed by atoms with van der Waals surface area (Å²) in [5.74, 6) is -1.50. The summed E-state index contributed by atoms with van der Waals surface area (Å²) in [5.41, 5.74) is 0.194. The van der Waals surface area contributed by atoms with Gasteiger partial charge in [-0.15, -0.1) is 0 Å². The summed E-state index contributed by atoms with van der Waals surface area (Å²) >= 11 is 0. The largest absolute Gasteiger partial charge is 0.395 e. The maximum atomic E-state index is 12.1. The molecule has 0 radical (unpaired) electrons. The molecule has 12 heavy (non-hydrogen) atoms. The average molecular weight is 176 g/mol. The Bertz CT molecular complexity index is 237. The summed E-state index contributed by atoms with van der Waals surface area (Å²) < 4.78 is 36.2. The van der Waals surface area contributed by atoms with Gasteiger partial charge in [0.2, 0.25) is 0 Å². The van der Waals surface area contributed by atoms with Crippen molar-refractivity contribution in [2.45, 2.75) is 12.6 Å². The third kappa shape index (κ3) is 1.96. The first-order valence-corrected chi connectivity index (χ1v) is 3.43. The van der Waals surface area contributed by atoms with Crippen molar-refractivity contribution in [2.24, 2.45) is 5.92 Å². The van der Waals surface area contributed by atoms with Gasteiger partial charge in [-0.1, -0.05) is 18.2 Å². The van der Waals surface area contributed by atoms with Gasteiger partial charge < -0.3 is 0 Å². The predicted octanol–water partition coefficient (Wildman–Crippen LogP) is 2.25. The molecule has 1 aliphatic carbocycles. The number of carbonyl (C=O) groups is 1. The van der Waals surface area contributed by atoms with Crippen LogP contribution in [0.15, 0.2) is 23.8 Å². The molecule has 1 aliphatic rings. The van der Waals surface area contributed by atoms with Crippen LogP contribution in [0.4, 0.5) is 13.2 Å². The second kappa shape index (κ2) is 3.13. The number of alkyl halides is 3. The normalized spacial score (nSPS) is 23.6. The standard InChI is InChI=1S/C8H7F3O/c9-8(10,11)7-3-1-2-6(4-7)5-12/h1-3,5,7H,4H2/t7-/m0/s1. The number of hydrogen-bond acceptors (Lipinski definition) is 1. The molecule has 0 unspecified atom stereocenters. The van der Waals surface area contributed by atoms with Gasteiger partial charge in [0.1, 0.15) is 6.29 Å². The summed E-state index contributed by atoms with van der Waals surface area (Å²) in [6.45, 7) is 0. The van der Waals surface area contributed by atoms with Crippen molar-refractivity contribution in [1.82, 2.24) is 0 Å². The molecule has 0 saturated carbocycles. The second-order valence-electron chi connectivity index (χ2n) is 2.60. The molecule has 0 N–H and O–H groups in total. The van der Waals surface area contributed by atoms with E-state index in [0.717, 1.165) is 6.08 Å². The van der Waals surface area contributed by atoms with Gasteiger partial charge >= 0.3 is 6.18 Å². The molecule has 0 aromatic heterocycles. The Balaban J connectivity index is 2.72. The molecule has 0 amide bonds. The quantitative estimate of drug-likeness (QED) is 0.560. The van der Waals surface area contributed by atoms with E-state index < -0.39 is 12.1 Å². The predicted molar refractivity (Wildman–Crippen MR) is 37.4 cm³/mol. The Kier molecular flexibility index (Phi) is 2.35. The van der Waals surface area contributed by atoms with Gasteiger partial charge in [-0.3, -0.25) is 4.79 Å². The second-order valence-corrected chi connectivity index (χ2v) is 2.60. The van der Waals surface area contributed by atoms with Gasteiger partial charge in [-0.25, -0.2) is 0 Å². The van der Waals surface area contributed by atoms with Crippen LogP contribution < -0.4 is 0 Å². The molecular weight excluding hydrogens is 169 g/mol. The number of hydrogen-bond donors (Lipinski definition) is 0. The highest BCUT2D eigenvalue weighted by Gasteiger charge is 2.38. The SMILES string of the molecule is O=CC1=CC=C[C@H](C(F)(F)F)C1. The lowest BCUT2D eigenvalue weighted by atomic mass is 9.95. The molecule has 0 bridgehead atoms. The summed E-state index contributed by atoms with van der Waals surface area (Å²) in [7, 11) is 0. The van der Waals surface area contributed by atoms with E-state index in [4.69, 9.17) is 0 Å². The molecule has 1 rings (SSSR count). The highest BCUT2D eigenvalue weighted by atomic mass is 19.4. The minimum Gasteiger partial charge on any atom is -0.298 e. The van der Waals surface area contributed by atoms with E-state index in [-0.39, 0.29) is 12.0 Å². The van der Waals surface area contributed by atoms with Crippen LogP contribution in [0.3, 0.4) is 0 Å². The van der Waals surface area contributed by atoms with E-state index in [0.29, 0.717) is 6.29 Å². The third-order valence-corrected chi connectivity index (χ3v) is 1.68. The molecule has 0 spiro atoms. The number of rotatable bonds is 1. The van der Waals surface area contributed by atoms with Crippen LogP contribution >= 0.6 is 0 Å². The van der Waals surface area contributed by atoms with Gasteiger partial charge in [0.05, 0.1) is 5.92 Å². The van der Waals surface area contributed by atoms with E-state index in [9.17, 15) is 18.0 Å². The summed E-state index contributed by atoms with van der Waals surface area (Å²) in [6, 6.07) is 0. The van der Waals surface area contributed by atoms with Crippen molar-refractivity contribution in [3.8, 4) is 0 Å². The minimum atomic E-state index is -4.24. The van der Waals surface area contributed by atoms with E-state index in [1.807, 2.05) is 0 Å². The first-order valence-electron chi connectivity index (χ1n) is 3.43. The molecule has 4 heteroatoms. The number of allylic oxidation sites excluding steroid dienone is 4. The molecule has 0 aromatic rings. The lowest BCUT2D eigenvalue weighted by molar-refractivity contribution is -0.160. The zero-order valence-electron chi connectivity index (χ0n) is 6.14. The lowest BCUT2D eigenvalue weighted by Crippen LogP contribution is -2.22. The maximum Gasteiger partial charge on any atom is 0.395 e. The van der Waals surface area contributed by atoms with Crippen molar-refractivity contribution >= 4 is 6.29 Å². The van der Waals surface area contributed by atoms with Gasteiger partial charge in [-0.2, -0.15) is 13.2 Å². The highest BCUT2D eigenvalue weighted by molar-refractivity contribution is 5.74. The molecule has 0 heterocycles. The monoisotopic (exact) mass is 176 g/mol. The highest BCUT2D eigenvalue weighted by Crippen LogP contribution is 2.33. The van der Waals surface area contributed by atoms with Crippen molar-refractivity contribution in [3.63, 3.8) is 0 Å². The average Bonchev–Trinajstić information content (AvgIpc) is 2.03. The molecule has 1 atom stereocenters. The summed E-state index contributed by atoms with van der Waals surface area (Å²) in [5, 5.41) is 0. The Morgan fingerprint density at radius 1 is 1.50 bits per heavy atom. The van der Waals surface area contributed by atoms with Crippen LogP contribution in [0.1, 0.15) is 6.42 Å². The maximum absolute atomic E-state index is 12.1. The first kappa shape index (κ1) is 9.03. The minimum absolute atomic E-state index is 0.194. The molecule has 1 nitrogen and oxygen atoms in total. The molecule has 66 valence electrons. The van der Waals surface area contributed by atoms with Crippen molar-refractivity contribution in [2.75, 3.05) is 0 Å². The Morgan fingerprint density at radius 2 is 2.17 bits per heavy atom. The van der Waals surface area contributed by atoms with Crippen LogP contribution in [0.25, 0.3) is 0 Å². The number of aldehydes is 1. The first-order chi connectivity index (χ1) is 5.54. The van der Waals surface area contributed by atoms with Crippen LogP contribution in [0.5, 0.6) is 0 Å². The smallest absolute Gasteiger partial charge is 0.298 e. The fraction of sp³-hybridized carbons (Fsp3) is 0.375. The fourth-order valence-corrected chi connectivity index (χ4v) is 1.02. The van der Waals surface area contributed by atoms with Crippen LogP contribution in [-0.2, 0) is 4.79 Å². The van der Waals surface area contributed by atoms with Gasteiger partial charge in [0, 0.05) is 0 Å². The van der Waals surface area contributed by atoms with Gasteiger partial charge in [0.15, 0.2) is 0 Å². The van der Waals surface area contributed by atoms with Gasteiger partial charge in [0.25, 0.3) is 0 Å². The van der Waals surface area contributed by atoms with Gasteiger partial charge in [-0.05, 0) is 12.0 Å². The lowest BCUT2D eigenvalue weighted by Gasteiger charge is -2.18. The molecule has 0 fully saturated rings. The molecule has 0 aliphatic heterocycles. The zero-order chi connectivity index (χ0) is 9.19. The number of halogens is 3.